The first-order chi connectivity index (χ1) is 9.55. The third-order valence-corrected chi connectivity index (χ3v) is 3.64. The molecule has 2 aliphatic heterocycles. The van der Waals surface area contributed by atoms with Gasteiger partial charge in [-0.1, -0.05) is 0 Å². The lowest BCUT2D eigenvalue weighted by atomic mass is 10.00. The standard InChI is InChI=1S/C12H22O8/c13-3-7-1-6(15)2-10(19-7)20-9-5-18-8(4-14)11(16)12(9)17/h6-17H,1-5H2/t6-,7-,8+,9+,10-,11+,12+/m0/s1. The molecule has 0 aliphatic carbocycles. The van der Waals surface area contributed by atoms with Gasteiger partial charge in [-0.3, -0.25) is 0 Å². The van der Waals surface area contributed by atoms with Gasteiger partial charge in [0.25, 0.3) is 0 Å². The second kappa shape index (κ2) is 7.10. The molecule has 118 valence electrons. The van der Waals surface area contributed by atoms with Crippen LogP contribution in [0, 0.1) is 0 Å². The van der Waals surface area contributed by atoms with Crippen molar-refractivity contribution in [3.05, 3.63) is 0 Å². The molecule has 5 N–H and O–H groups in total. The number of aliphatic hydroxyl groups excluding tert-OH is 5. The van der Waals surface area contributed by atoms with E-state index in [-0.39, 0.29) is 19.6 Å². The number of rotatable bonds is 4. The van der Waals surface area contributed by atoms with Crippen molar-refractivity contribution in [1.82, 2.24) is 0 Å². The Labute approximate surface area is 116 Å². The predicted octanol–water partition coefficient (Wildman–Crippen LogP) is -2.66. The van der Waals surface area contributed by atoms with Crippen LogP contribution < -0.4 is 0 Å². The van der Waals surface area contributed by atoms with E-state index in [1.54, 1.807) is 0 Å². The highest BCUT2D eigenvalue weighted by Crippen LogP contribution is 2.25. The first kappa shape index (κ1) is 16.1. The Bertz CT molecular complexity index is 301. The van der Waals surface area contributed by atoms with Crippen molar-refractivity contribution in [3.63, 3.8) is 0 Å². The van der Waals surface area contributed by atoms with E-state index in [0.29, 0.717) is 6.42 Å². The molecule has 2 rings (SSSR count). The average Bonchev–Trinajstić information content (AvgIpc) is 2.43. The number of ether oxygens (including phenoxy) is 3. The molecular formula is C12H22O8. The minimum atomic E-state index is -1.25. The second-order valence-electron chi connectivity index (χ2n) is 5.21. The molecule has 7 atom stereocenters. The van der Waals surface area contributed by atoms with Crippen molar-refractivity contribution in [1.29, 1.82) is 0 Å². The van der Waals surface area contributed by atoms with E-state index in [9.17, 15) is 15.3 Å². The summed E-state index contributed by atoms with van der Waals surface area (Å²) >= 11 is 0. The summed E-state index contributed by atoms with van der Waals surface area (Å²) in [5.74, 6) is 0. The maximum atomic E-state index is 9.93. The quantitative estimate of drug-likeness (QED) is 0.380. The van der Waals surface area contributed by atoms with Crippen LogP contribution >= 0.6 is 0 Å². The molecule has 0 amide bonds. The van der Waals surface area contributed by atoms with Crippen LogP contribution in [0.3, 0.4) is 0 Å². The Morgan fingerprint density at radius 2 is 1.75 bits per heavy atom. The fourth-order valence-electron chi connectivity index (χ4n) is 2.48. The molecule has 2 heterocycles. The maximum Gasteiger partial charge on any atom is 0.161 e. The summed E-state index contributed by atoms with van der Waals surface area (Å²) in [6.07, 6.45) is -5.51. The van der Waals surface area contributed by atoms with Gasteiger partial charge in [0.05, 0.1) is 32.0 Å². The third-order valence-electron chi connectivity index (χ3n) is 3.64. The van der Waals surface area contributed by atoms with Crippen molar-refractivity contribution >= 4 is 0 Å². The molecule has 0 saturated carbocycles. The van der Waals surface area contributed by atoms with E-state index >= 15 is 0 Å². The van der Waals surface area contributed by atoms with Crippen LogP contribution in [0.5, 0.6) is 0 Å². The zero-order chi connectivity index (χ0) is 14.7. The molecule has 0 aromatic heterocycles. The molecule has 0 radical (unpaired) electrons. The predicted molar refractivity (Wildman–Crippen MR) is 64.7 cm³/mol. The highest BCUT2D eigenvalue weighted by atomic mass is 16.7. The minimum absolute atomic E-state index is 0.00317. The number of aliphatic hydroxyl groups is 5. The highest BCUT2D eigenvalue weighted by molar-refractivity contribution is 4.88. The summed E-state index contributed by atoms with van der Waals surface area (Å²) < 4.78 is 16.1. The van der Waals surface area contributed by atoms with Crippen molar-refractivity contribution in [2.45, 2.75) is 55.8 Å². The van der Waals surface area contributed by atoms with E-state index in [1.165, 1.54) is 0 Å². The van der Waals surface area contributed by atoms with E-state index < -0.39 is 49.5 Å². The van der Waals surface area contributed by atoms with Gasteiger partial charge in [0.15, 0.2) is 6.29 Å². The monoisotopic (exact) mass is 294 g/mol. The van der Waals surface area contributed by atoms with Crippen molar-refractivity contribution < 1.29 is 39.7 Å². The van der Waals surface area contributed by atoms with Gasteiger partial charge < -0.3 is 39.7 Å². The van der Waals surface area contributed by atoms with Crippen molar-refractivity contribution in [2.75, 3.05) is 19.8 Å². The van der Waals surface area contributed by atoms with Crippen LogP contribution in [0.1, 0.15) is 12.8 Å². The van der Waals surface area contributed by atoms with Gasteiger partial charge in [-0.25, -0.2) is 0 Å². The third kappa shape index (κ3) is 3.66. The Morgan fingerprint density at radius 1 is 1.00 bits per heavy atom. The number of hydrogen-bond acceptors (Lipinski definition) is 8. The Hall–Kier alpha value is -0.320. The van der Waals surface area contributed by atoms with Crippen LogP contribution in [-0.2, 0) is 14.2 Å². The maximum absolute atomic E-state index is 9.93. The summed E-state index contributed by atoms with van der Waals surface area (Å²) in [4.78, 5) is 0. The summed E-state index contributed by atoms with van der Waals surface area (Å²) in [6.45, 7) is -0.616. The lowest BCUT2D eigenvalue weighted by molar-refractivity contribution is -0.284. The van der Waals surface area contributed by atoms with Gasteiger partial charge in [0.2, 0.25) is 0 Å². The first-order valence-electron chi connectivity index (χ1n) is 6.73. The minimum Gasteiger partial charge on any atom is -0.394 e. The Morgan fingerprint density at radius 3 is 2.40 bits per heavy atom. The van der Waals surface area contributed by atoms with Crippen molar-refractivity contribution in [3.8, 4) is 0 Å². The molecule has 8 nitrogen and oxygen atoms in total. The lowest BCUT2D eigenvalue weighted by Gasteiger charge is -2.40. The Balaban J connectivity index is 1.89. The van der Waals surface area contributed by atoms with Crippen LogP contribution in [0.4, 0.5) is 0 Å². The molecule has 0 aromatic carbocycles. The SMILES string of the molecule is OC[C@@H]1C[C@H](O)C[C@H](O[C@@H]2CO[C@H](CO)[C@@H](O)[C@@H]2O)O1. The Kier molecular flexibility index (Phi) is 5.70. The van der Waals surface area contributed by atoms with Gasteiger partial charge in [-0.05, 0) is 0 Å². The molecular weight excluding hydrogens is 272 g/mol. The molecule has 2 saturated heterocycles. The van der Waals surface area contributed by atoms with Gasteiger partial charge in [0.1, 0.15) is 24.4 Å². The van der Waals surface area contributed by atoms with Crippen LogP contribution in [-0.4, -0.2) is 88.3 Å². The van der Waals surface area contributed by atoms with E-state index in [2.05, 4.69) is 0 Å². The van der Waals surface area contributed by atoms with Crippen molar-refractivity contribution in [2.24, 2.45) is 0 Å². The molecule has 2 fully saturated rings. The summed E-state index contributed by atoms with van der Waals surface area (Å²) in [6, 6.07) is 0. The van der Waals surface area contributed by atoms with Gasteiger partial charge in [-0.15, -0.1) is 0 Å². The fourth-order valence-corrected chi connectivity index (χ4v) is 2.48. The van der Waals surface area contributed by atoms with Crippen LogP contribution in [0.25, 0.3) is 0 Å². The van der Waals surface area contributed by atoms with Gasteiger partial charge >= 0.3 is 0 Å². The first-order valence-corrected chi connectivity index (χ1v) is 6.73. The molecule has 20 heavy (non-hydrogen) atoms. The zero-order valence-corrected chi connectivity index (χ0v) is 11.0. The summed E-state index contributed by atoms with van der Waals surface area (Å²) in [7, 11) is 0. The zero-order valence-electron chi connectivity index (χ0n) is 11.0. The molecule has 8 heteroatoms. The lowest BCUT2D eigenvalue weighted by Crippen LogP contribution is -2.56. The van der Waals surface area contributed by atoms with Gasteiger partial charge in [-0.2, -0.15) is 0 Å². The molecule has 0 bridgehead atoms. The second-order valence-corrected chi connectivity index (χ2v) is 5.21. The van der Waals surface area contributed by atoms with Crippen LogP contribution in [0.15, 0.2) is 0 Å². The number of hydrogen-bond donors (Lipinski definition) is 5. The molecule has 2 aliphatic rings. The molecule has 0 spiro atoms. The molecule has 0 unspecified atom stereocenters. The fraction of sp³-hybridized carbons (Fsp3) is 1.00. The van der Waals surface area contributed by atoms with Crippen LogP contribution in [0.2, 0.25) is 0 Å². The smallest absolute Gasteiger partial charge is 0.161 e. The summed E-state index contributed by atoms with van der Waals surface area (Å²) in [5, 5.41) is 47.4. The van der Waals surface area contributed by atoms with E-state index in [4.69, 9.17) is 24.4 Å². The normalized spacial score (nSPS) is 46.4. The summed E-state index contributed by atoms with van der Waals surface area (Å²) in [5.41, 5.74) is 0. The van der Waals surface area contributed by atoms with E-state index in [0.717, 1.165) is 0 Å². The largest absolute Gasteiger partial charge is 0.394 e. The van der Waals surface area contributed by atoms with Gasteiger partial charge in [0, 0.05) is 12.8 Å². The van der Waals surface area contributed by atoms with E-state index in [1.807, 2.05) is 0 Å². The topological polar surface area (TPSA) is 129 Å². The average molecular weight is 294 g/mol. The highest BCUT2D eigenvalue weighted by Gasteiger charge is 2.41. The molecule has 0 aromatic rings.